The second-order valence-corrected chi connectivity index (χ2v) is 6.25. The Morgan fingerprint density at radius 1 is 0.920 bits per heavy atom. The Labute approximate surface area is 148 Å². The third kappa shape index (κ3) is 7.63. The first kappa shape index (κ1) is 23.0. The van der Waals surface area contributed by atoms with E-state index in [1.807, 2.05) is 0 Å². The molecular formula is C16H25NO7S. The van der Waals surface area contributed by atoms with E-state index in [4.69, 9.17) is 4.55 Å². The van der Waals surface area contributed by atoms with Crippen molar-refractivity contribution in [3.63, 3.8) is 0 Å². The highest BCUT2D eigenvalue weighted by molar-refractivity contribution is 7.85. The Hall–Kier alpha value is -1.97. The first-order valence-electron chi connectivity index (χ1n) is 7.66. The van der Waals surface area contributed by atoms with Gasteiger partial charge in [-0.2, -0.15) is 8.42 Å². The van der Waals surface area contributed by atoms with E-state index < -0.39 is 27.0 Å². The zero-order chi connectivity index (χ0) is 19.6. The van der Waals surface area contributed by atoms with Crippen LogP contribution in [-0.4, -0.2) is 63.7 Å². The minimum absolute atomic E-state index is 0.187. The molecule has 0 atom stereocenters. The fraction of sp³-hybridized carbons (Fsp3) is 0.500. The van der Waals surface area contributed by atoms with Crippen molar-refractivity contribution in [2.24, 2.45) is 0 Å². The molecule has 1 N–H and O–H groups in total. The largest absolute Gasteiger partial charge is 0.465 e. The van der Waals surface area contributed by atoms with Crippen LogP contribution in [0.4, 0.5) is 0 Å². The summed E-state index contributed by atoms with van der Waals surface area (Å²) >= 11 is 0. The van der Waals surface area contributed by atoms with E-state index in [-0.39, 0.29) is 11.1 Å². The first-order chi connectivity index (χ1) is 11.6. The van der Waals surface area contributed by atoms with Gasteiger partial charge in [0.1, 0.15) is 0 Å². The maximum atomic E-state index is 11.3. The third-order valence-electron chi connectivity index (χ3n) is 3.39. The highest BCUT2D eigenvalue weighted by Gasteiger charge is 2.19. The lowest BCUT2D eigenvalue weighted by Gasteiger charge is -2.13. The zero-order valence-corrected chi connectivity index (χ0v) is 15.9. The Balaban J connectivity index is 0.000000697. The SMILES string of the molecule is CCN(CC)CC.COC(=O)c1cc(C(=O)OC)cc(S(=O)(=O)O)c1. The van der Waals surface area contributed by atoms with Gasteiger partial charge in [-0.3, -0.25) is 4.55 Å². The van der Waals surface area contributed by atoms with Gasteiger partial charge in [-0.1, -0.05) is 20.8 Å². The van der Waals surface area contributed by atoms with Crippen LogP contribution in [0.1, 0.15) is 41.5 Å². The second kappa shape index (κ2) is 10.8. The normalized spacial score (nSPS) is 10.7. The number of methoxy groups -OCH3 is 2. The van der Waals surface area contributed by atoms with Crippen molar-refractivity contribution in [1.82, 2.24) is 4.90 Å². The zero-order valence-electron chi connectivity index (χ0n) is 15.1. The van der Waals surface area contributed by atoms with Gasteiger partial charge in [0.05, 0.1) is 30.2 Å². The first-order valence-corrected chi connectivity index (χ1v) is 9.10. The number of carbonyl (C=O) groups is 2. The lowest BCUT2D eigenvalue weighted by molar-refractivity contribution is 0.0598. The van der Waals surface area contributed by atoms with Crippen LogP contribution in [0.25, 0.3) is 0 Å². The Morgan fingerprint density at radius 3 is 1.48 bits per heavy atom. The van der Waals surface area contributed by atoms with Crippen molar-refractivity contribution in [2.75, 3.05) is 33.9 Å². The minimum Gasteiger partial charge on any atom is -0.465 e. The van der Waals surface area contributed by atoms with Crippen LogP contribution in [0.2, 0.25) is 0 Å². The van der Waals surface area contributed by atoms with Gasteiger partial charge in [0.2, 0.25) is 0 Å². The summed E-state index contributed by atoms with van der Waals surface area (Å²) in [6, 6.07) is 2.90. The maximum absolute atomic E-state index is 11.3. The Morgan fingerprint density at radius 2 is 1.28 bits per heavy atom. The lowest BCUT2D eigenvalue weighted by atomic mass is 10.1. The van der Waals surface area contributed by atoms with E-state index in [1.54, 1.807) is 0 Å². The Kier molecular flexibility index (Phi) is 9.95. The summed E-state index contributed by atoms with van der Waals surface area (Å²) in [5, 5.41) is 0. The monoisotopic (exact) mass is 375 g/mol. The minimum atomic E-state index is -4.55. The van der Waals surface area contributed by atoms with Gasteiger partial charge in [-0.25, -0.2) is 9.59 Å². The fourth-order valence-corrected chi connectivity index (χ4v) is 2.44. The molecule has 142 valence electrons. The topological polar surface area (TPSA) is 110 Å². The van der Waals surface area contributed by atoms with E-state index >= 15 is 0 Å². The quantitative estimate of drug-likeness (QED) is 0.592. The number of hydrogen-bond acceptors (Lipinski definition) is 7. The van der Waals surface area contributed by atoms with E-state index in [0.29, 0.717) is 0 Å². The highest BCUT2D eigenvalue weighted by atomic mass is 32.2. The molecule has 25 heavy (non-hydrogen) atoms. The summed E-state index contributed by atoms with van der Waals surface area (Å²) in [5.41, 5.74) is -0.374. The van der Waals surface area contributed by atoms with Gasteiger partial charge in [0, 0.05) is 0 Å². The van der Waals surface area contributed by atoms with Crippen molar-refractivity contribution in [3.8, 4) is 0 Å². The van der Waals surface area contributed by atoms with Crippen LogP contribution in [0.15, 0.2) is 23.1 Å². The van der Waals surface area contributed by atoms with Gasteiger partial charge in [0.25, 0.3) is 10.1 Å². The number of esters is 2. The fourth-order valence-electron chi connectivity index (χ4n) is 1.89. The maximum Gasteiger partial charge on any atom is 0.337 e. The average molecular weight is 375 g/mol. The van der Waals surface area contributed by atoms with Crippen LogP contribution in [0.3, 0.4) is 0 Å². The molecule has 9 heteroatoms. The van der Waals surface area contributed by atoms with Crippen LogP contribution in [0.5, 0.6) is 0 Å². The molecule has 8 nitrogen and oxygen atoms in total. The molecule has 0 aliphatic carbocycles. The van der Waals surface area contributed by atoms with Gasteiger partial charge in [0.15, 0.2) is 0 Å². The van der Waals surface area contributed by atoms with Crippen molar-refractivity contribution in [2.45, 2.75) is 25.7 Å². The predicted molar refractivity (Wildman–Crippen MR) is 92.4 cm³/mol. The number of rotatable bonds is 6. The lowest BCUT2D eigenvalue weighted by Crippen LogP contribution is -2.21. The van der Waals surface area contributed by atoms with Gasteiger partial charge in [-0.05, 0) is 37.8 Å². The molecule has 0 amide bonds. The summed E-state index contributed by atoms with van der Waals surface area (Å²) in [4.78, 5) is 24.4. The van der Waals surface area contributed by atoms with Crippen molar-refractivity contribution in [3.05, 3.63) is 29.3 Å². The summed E-state index contributed by atoms with van der Waals surface area (Å²) < 4.78 is 39.7. The van der Waals surface area contributed by atoms with Crippen molar-refractivity contribution < 1.29 is 32.0 Å². The molecule has 0 saturated carbocycles. The molecule has 0 radical (unpaired) electrons. The molecule has 1 aromatic carbocycles. The van der Waals surface area contributed by atoms with Crippen molar-refractivity contribution >= 4 is 22.1 Å². The predicted octanol–water partition coefficient (Wildman–Crippen LogP) is 1.85. The van der Waals surface area contributed by atoms with Gasteiger partial charge < -0.3 is 14.4 Å². The van der Waals surface area contributed by atoms with E-state index in [1.165, 1.54) is 19.6 Å². The van der Waals surface area contributed by atoms with Crippen LogP contribution in [-0.2, 0) is 19.6 Å². The summed E-state index contributed by atoms with van der Waals surface area (Å²) in [6.45, 7) is 10.1. The van der Waals surface area contributed by atoms with Crippen molar-refractivity contribution in [1.29, 1.82) is 0 Å². The second-order valence-electron chi connectivity index (χ2n) is 4.82. The number of carbonyl (C=O) groups excluding carboxylic acids is 2. The molecule has 0 fully saturated rings. The van der Waals surface area contributed by atoms with Crippen LogP contribution in [0, 0.1) is 0 Å². The average Bonchev–Trinajstić information content (AvgIpc) is 2.61. The molecule has 0 heterocycles. The van der Waals surface area contributed by atoms with Crippen LogP contribution < -0.4 is 0 Å². The summed E-state index contributed by atoms with van der Waals surface area (Å²) in [6.07, 6.45) is 0. The molecule has 1 rings (SSSR count). The Bertz CT molecular complexity index is 642. The summed E-state index contributed by atoms with van der Waals surface area (Å²) in [7, 11) is -2.35. The smallest absolute Gasteiger partial charge is 0.337 e. The van der Waals surface area contributed by atoms with Gasteiger partial charge in [-0.15, -0.1) is 0 Å². The number of ether oxygens (including phenoxy) is 2. The van der Waals surface area contributed by atoms with Crippen LogP contribution >= 0.6 is 0 Å². The number of hydrogen-bond donors (Lipinski definition) is 1. The molecule has 0 spiro atoms. The van der Waals surface area contributed by atoms with Gasteiger partial charge >= 0.3 is 11.9 Å². The van der Waals surface area contributed by atoms with E-state index in [2.05, 4.69) is 35.1 Å². The molecule has 0 aliphatic heterocycles. The molecule has 0 saturated heterocycles. The standard InChI is InChI=1S/C10H10O7S.C6H15N/c1-16-9(11)6-3-7(10(12)17-2)5-8(4-6)18(13,14)15;1-4-7(5-2)6-3/h3-5H,1-2H3,(H,13,14,15);4-6H2,1-3H3. The third-order valence-corrected chi connectivity index (χ3v) is 4.22. The molecular weight excluding hydrogens is 350 g/mol. The summed E-state index contributed by atoms with van der Waals surface area (Å²) in [5.74, 6) is -1.68. The molecule has 0 bridgehead atoms. The molecule has 0 aliphatic rings. The number of nitrogens with zero attached hydrogens (tertiary/aromatic N) is 1. The molecule has 0 unspecified atom stereocenters. The molecule has 0 aromatic heterocycles. The van der Waals surface area contributed by atoms with E-state index in [0.717, 1.165) is 32.4 Å². The van der Waals surface area contributed by atoms with E-state index in [9.17, 15) is 18.0 Å². The molecule has 1 aromatic rings. The highest BCUT2D eigenvalue weighted by Crippen LogP contribution is 2.16. The number of benzene rings is 1.